The van der Waals surface area contributed by atoms with E-state index in [1.807, 2.05) is 0 Å². The number of nitrogens with one attached hydrogen (secondary N) is 1. The van der Waals surface area contributed by atoms with Gasteiger partial charge >= 0.3 is 5.97 Å². The second-order valence-corrected chi connectivity index (χ2v) is 4.60. The van der Waals surface area contributed by atoms with Crippen LogP contribution < -0.4 is 10.1 Å². The molecule has 0 aliphatic heterocycles. The highest BCUT2D eigenvalue weighted by atomic mass is 19.2. The highest BCUT2D eigenvalue weighted by molar-refractivity contribution is 5.90. The van der Waals surface area contributed by atoms with Crippen molar-refractivity contribution in [2.45, 2.75) is 6.54 Å². The summed E-state index contributed by atoms with van der Waals surface area (Å²) >= 11 is 0. The molecule has 0 bridgehead atoms. The van der Waals surface area contributed by atoms with Crippen molar-refractivity contribution in [3.63, 3.8) is 0 Å². The number of carbonyl (C=O) groups is 1. The van der Waals surface area contributed by atoms with Crippen LogP contribution in [0.3, 0.4) is 0 Å². The molecule has 23 heavy (non-hydrogen) atoms. The monoisotopic (exact) mass is 325 g/mol. The Hall–Kier alpha value is -2.70. The van der Waals surface area contributed by atoms with Gasteiger partial charge in [0.2, 0.25) is 0 Å². The Morgan fingerprint density at radius 2 is 1.74 bits per heavy atom. The summed E-state index contributed by atoms with van der Waals surface area (Å²) < 4.78 is 50.9. The molecule has 2 aromatic rings. The third-order valence-electron chi connectivity index (χ3n) is 3.19. The predicted molar refractivity (Wildman–Crippen MR) is 78.0 cm³/mol. The van der Waals surface area contributed by atoms with Crippen molar-refractivity contribution in [2.24, 2.45) is 0 Å². The van der Waals surface area contributed by atoms with Gasteiger partial charge in [0.05, 0.1) is 14.2 Å². The maximum Gasteiger partial charge on any atom is 0.341 e. The summed E-state index contributed by atoms with van der Waals surface area (Å²) in [7, 11) is 2.51. The zero-order chi connectivity index (χ0) is 17.0. The average molecular weight is 325 g/mol. The Labute approximate surface area is 130 Å². The number of anilines is 1. The molecule has 0 aliphatic rings. The van der Waals surface area contributed by atoms with Gasteiger partial charge in [-0.25, -0.2) is 18.0 Å². The van der Waals surface area contributed by atoms with Gasteiger partial charge in [0.15, 0.2) is 11.6 Å². The van der Waals surface area contributed by atoms with Crippen molar-refractivity contribution in [3.8, 4) is 5.75 Å². The second kappa shape index (κ2) is 7.04. The van der Waals surface area contributed by atoms with Crippen molar-refractivity contribution in [2.75, 3.05) is 19.5 Å². The molecular weight excluding hydrogens is 311 g/mol. The molecule has 0 atom stereocenters. The Bertz CT molecular complexity index is 718. The van der Waals surface area contributed by atoms with E-state index in [-0.39, 0.29) is 6.54 Å². The first-order valence-corrected chi connectivity index (χ1v) is 6.60. The minimum Gasteiger partial charge on any atom is -0.497 e. The molecule has 4 nitrogen and oxygen atoms in total. The molecule has 0 aromatic heterocycles. The number of hydrogen-bond donors (Lipinski definition) is 1. The van der Waals surface area contributed by atoms with Crippen LogP contribution in [0, 0.1) is 17.5 Å². The van der Waals surface area contributed by atoms with Gasteiger partial charge in [0.25, 0.3) is 0 Å². The fraction of sp³-hybridized carbons (Fsp3) is 0.188. The molecule has 2 rings (SSSR count). The Balaban J connectivity index is 2.22. The zero-order valence-electron chi connectivity index (χ0n) is 12.5. The lowest BCUT2D eigenvalue weighted by Gasteiger charge is -2.12. The van der Waals surface area contributed by atoms with Crippen LogP contribution in [0.4, 0.5) is 18.9 Å². The summed E-state index contributed by atoms with van der Waals surface area (Å²) in [6, 6.07) is 7.36. The number of ether oxygens (including phenoxy) is 2. The minimum atomic E-state index is -1.47. The second-order valence-electron chi connectivity index (χ2n) is 4.60. The van der Waals surface area contributed by atoms with Crippen molar-refractivity contribution >= 4 is 11.7 Å². The molecule has 0 heterocycles. The summed E-state index contributed by atoms with van der Waals surface area (Å²) in [6.45, 7) is 0.0643. The number of rotatable bonds is 5. The smallest absolute Gasteiger partial charge is 0.341 e. The first kappa shape index (κ1) is 16.7. The summed E-state index contributed by atoms with van der Waals surface area (Å²) in [5.41, 5.74) is -0.731. The van der Waals surface area contributed by atoms with E-state index in [2.05, 4.69) is 10.1 Å². The van der Waals surface area contributed by atoms with Crippen molar-refractivity contribution in [1.29, 1.82) is 0 Å². The topological polar surface area (TPSA) is 47.6 Å². The van der Waals surface area contributed by atoms with Crippen molar-refractivity contribution < 1.29 is 27.4 Å². The van der Waals surface area contributed by atoms with Gasteiger partial charge in [0, 0.05) is 6.54 Å². The molecule has 0 saturated carbocycles. The van der Waals surface area contributed by atoms with Gasteiger partial charge in [0.1, 0.15) is 22.8 Å². The normalized spacial score (nSPS) is 10.3. The maximum atomic E-state index is 13.9. The third kappa shape index (κ3) is 3.56. The number of methoxy groups -OCH3 is 2. The summed E-state index contributed by atoms with van der Waals surface area (Å²) in [5, 5.41) is 2.48. The summed E-state index contributed by atoms with van der Waals surface area (Å²) in [5.74, 6) is -4.53. The first-order chi connectivity index (χ1) is 11.0. The molecule has 0 fully saturated rings. The Morgan fingerprint density at radius 3 is 2.30 bits per heavy atom. The lowest BCUT2D eigenvalue weighted by Crippen LogP contribution is -2.11. The summed E-state index contributed by atoms with van der Waals surface area (Å²) in [4.78, 5) is 11.3. The SMILES string of the molecule is COC(=O)c1cc(F)c(NCc2ccc(OC)cc2)c(F)c1F. The van der Waals surface area contributed by atoms with Crippen LogP contribution in [0.25, 0.3) is 0 Å². The van der Waals surface area contributed by atoms with Crippen LogP contribution in [-0.2, 0) is 11.3 Å². The quantitative estimate of drug-likeness (QED) is 0.675. The Kier molecular flexibility index (Phi) is 5.10. The van der Waals surface area contributed by atoms with E-state index >= 15 is 0 Å². The van der Waals surface area contributed by atoms with E-state index in [0.29, 0.717) is 17.4 Å². The van der Waals surface area contributed by atoms with E-state index in [0.717, 1.165) is 7.11 Å². The molecule has 0 spiro atoms. The van der Waals surface area contributed by atoms with Crippen LogP contribution in [-0.4, -0.2) is 20.2 Å². The highest BCUT2D eigenvalue weighted by Gasteiger charge is 2.23. The minimum absolute atomic E-state index is 0.0643. The van der Waals surface area contributed by atoms with Gasteiger partial charge < -0.3 is 14.8 Å². The van der Waals surface area contributed by atoms with Crippen LogP contribution in [0.15, 0.2) is 30.3 Å². The lowest BCUT2D eigenvalue weighted by atomic mass is 10.1. The van der Waals surface area contributed by atoms with Crippen molar-refractivity contribution in [3.05, 3.63) is 58.9 Å². The van der Waals surface area contributed by atoms with Crippen LogP contribution in [0.2, 0.25) is 0 Å². The van der Waals surface area contributed by atoms with Crippen LogP contribution in [0.1, 0.15) is 15.9 Å². The number of esters is 1. The van der Waals surface area contributed by atoms with Crippen molar-refractivity contribution in [1.82, 2.24) is 0 Å². The van der Waals surface area contributed by atoms with E-state index in [1.54, 1.807) is 24.3 Å². The number of benzene rings is 2. The molecule has 7 heteroatoms. The standard InChI is InChI=1S/C16H14F3NO3/c1-22-10-5-3-9(4-6-10)8-20-15-12(17)7-11(16(21)23-2)13(18)14(15)19/h3-7,20H,8H2,1-2H3. The third-order valence-corrected chi connectivity index (χ3v) is 3.19. The molecule has 0 amide bonds. The van der Waals surface area contributed by atoms with Crippen LogP contribution in [0.5, 0.6) is 5.75 Å². The molecule has 0 aliphatic carbocycles. The fourth-order valence-electron chi connectivity index (χ4n) is 1.95. The van der Waals surface area contributed by atoms with Gasteiger partial charge in [-0.3, -0.25) is 0 Å². The highest BCUT2D eigenvalue weighted by Crippen LogP contribution is 2.26. The summed E-state index contributed by atoms with van der Waals surface area (Å²) in [6.07, 6.45) is 0. The van der Waals surface area contributed by atoms with E-state index in [4.69, 9.17) is 4.74 Å². The lowest BCUT2D eigenvalue weighted by molar-refractivity contribution is 0.0593. The van der Waals surface area contributed by atoms with Gasteiger partial charge in [-0.1, -0.05) is 12.1 Å². The van der Waals surface area contributed by atoms with E-state index in [9.17, 15) is 18.0 Å². The average Bonchev–Trinajstić information content (AvgIpc) is 2.57. The first-order valence-electron chi connectivity index (χ1n) is 6.60. The van der Waals surface area contributed by atoms with Gasteiger partial charge in [-0.05, 0) is 23.8 Å². The predicted octanol–water partition coefficient (Wildman–Crippen LogP) is 3.51. The Morgan fingerprint density at radius 1 is 1.09 bits per heavy atom. The molecule has 0 unspecified atom stereocenters. The van der Waals surface area contributed by atoms with E-state index in [1.165, 1.54) is 7.11 Å². The molecule has 0 saturated heterocycles. The molecule has 2 aromatic carbocycles. The molecular formula is C16H14F3NO3. The molecule has 122 valence electrons. The van der Waals surface area contributed by atoms with E-state index < -0.39 is 34.7 Å². The fourth-order valence-corrected chi connectivity index (χ4v) is 1.95. The molecule has 1 N–H and O–H groups in total. The number of carbonyl (C=O) groups excluding carboxylic acids is 1. The van der Waals surface area contributed by atoms with Gasteiger partial charge in [-0.15, -0.1) is 0 Å². The molecule has 0 radical (unpaired) electrons. The largest absolute Gasteiger partial charge is 0.497 e. The van der Waals surface area contributed by atoms with Crippen LogP contribution >= 0.6 is 0 Å². The maximum absolute atomic E-state index is 13.9. The van der Waals surface area contributed by atoms with Gasteiger partial charge in [-0.2, -0.15) is 0 Å². The number of halogens is 3. The number of hydrogen-bond acceptors (Lipinski definition) is 4. The zero-order valence-corrected chi connectivity index (χ0v) is 12.5.